The van der Waals surface area contributed by atoms with Crippen molar-refractivity contribution in [3.05, 3.63) is 66.0 Å². The SMILES string of the molecule is Cn1ccnc1[C@H](Nc1ccc2nnnn2n1)c1ccccc1F. The third-order valence-electron chi connectivity index (χ3n) is 3.69. The molecule has 3 aromatic heterocycles. The molecule has 120 valence electrons. The Balaban J connectivity index is 1.78. The molecule has 0 spiro atoms. The minimum Gasteiger partial charge on any atom is -0.355 e. The van der Waals surface area contributed by atoms with E-state index in [0.29, 0.717) is 22.9 Å². The fourth-order valence-electron chi connectivity index (χ4n) is 2.52. The second-order valence-corrected chi connectivity index (χ2v) is 5.24. The Kier molecular flexibility index (Phi) is 3.38. The van der Waals surface area contributed by atoms with Gasteiger partial charge in [-0.2, -0.15) is 0 Å². The molecule has 1 atom stereocenters. The van der Waals surface area contributed by atoms with E-state index in [1.165, 1.54) is 10.7 Å². The third-order valence-corrected chi connectivity index (χ3v) is 3.69. The summed E-state index contributed by atoms with van der Waals surface area (Å²) in [5.74, 6) is 0.853. The lowest BCUT2D eigenvalue weighted by molar-refractivity contribution is 0.595. The highest BCUT2D eigenvalue weighted by molar-refractivity contribution is 5.45. The maximum Gasteiger partial charge on any atom is 0.200 e. The molecule has 0 fully saturated rings. The first kappa shape index (κ1) is 14.2. The number of aromatic nitrogens is 7. The normalized spacial score (nSPS) is 12.4. The second-order valence-electron chi connectivity index (χ2n) is 5.24. The predicted octanol–water partition coefficient (Wildman–Crippen LogP) is 1.59. The van der Waals surface area contributed by atoms with Gasteiger partial charge in [-0.3, -0.25) is 0 Å². The van der Waals surface area contributed by atoms with Crippen molar-refractivity contribution in [2.45, 2.75) is 6.04 Å². The van der Waals surface area contributed by atoms with Gasteiger partial charge in [0.2, 0.25) is 0 Å². The predicted molar refractivity (Wildman–Crippen MR) is 83.7 cm³/mol. The number of nitrogens with one attached hydrogen (secondary N) is 1. The number of tetrazole rings is 1. The number of hydrogen-bond acceptors (Lipinski definition) is 6. The minimum absolute atomic E-state index is 0.318. The summed E-state index contributed by atoms with van der Waals surface area (Å²) < 4.78 is 17.5. The van der Waals surface area contributed by atoms with Crippen molar-refractivity contribution in [1.29, 1.82) is 0 Å². The quantitative estimate of drug-likeness (QED) is 0.613. The lowest BCUT2D eigenvalue weighted by atomic mass is 10.1. The van der Waals surface area contributed by atoms with Gasteiger partial charge in [-0.15, -0.1) is 14.8 Å². The molecule has 8 nitrogen and oxygen atoms in total. The number of rotatable bonds is 4. The Morgan fingerprint density at radius 3 is 2.83 bits per heavy atom. The summed E-state index contributed by atoms with van der Waals surface area (Å²) in [6.07, 6.45) is 3.48. The van der Waals surface area contributed by atoms with Gasteiger partial charge in [0.25, 0.3) is 0 Å². The van der Waals surface area contributed by atoms with Crippen molar-refractivity contribution >= 4 is 11.5 Å². The van der Waals surface area contributed by atoms with Crippen LogP contribution in [0.3, 0.4) is 0 Å². The van der Waals surface area contributed by atoms with Crippen molar-refractivity contribution in [2.75, 3.05) is 5.32 Å². The van der Waals surface area contributed by atoms with Crippen LogP contribution in [0, 0.1) is 5.82 Å². The molecule has 3 heterocycles. The van der Waals surface area contributed by atoms with E-state index in [4.69, 9.17) is 0 Å². The van der Waals surface area contributed by atoms with Gasteiger partial charge in [0, 0.05) is 25.0 Å². The number of imidazole rings is 1. The largest absolute Gasteiger partial charge is 0.355 e. The monoisotopic (exact) mass is 324 g/mol. The van der Waals surface area contributed by atoms with Crippen LogP contribution < -0.4 is 5.32 Å². The molecule has 0 unspecified atom stereocenters. The Morgan fingerprint density at radius 2 is 2.04 bits per heavy atom. The van der Waals surface area contributed by atoms with Crippen molar-refractivity contribution in [3.63, 3.8) is 0 Å². The van der Waals surface area contributed by atoms with Crippen LogP contribution in [0.25, 0.3) is 5.65 Å². The highest BCUT2D eigenvalue weighted by Crippen LogP contribution is 2.26. The molecule has 4 rings (SSSR count). The zero-order valence-corrected chi connectivity index (χ0v) is 12.7. The zero-order chi connectivity index (χ0) is 16.5. The maximum absolute atomic E-state index is 14.3. The molecular formula is C15H13FN8. The first-order valence-corrected chi connectivity index (χ1v) is 7.26. The molecule has 24 heavy (non-hydrogen) atoms. The molecule has 0 amide bonds. The molecule has 0 aliphatic carbocycles. The Morgan fingerprint density at radius 1 is 1.17 bits per heavy atom. The summed E-state index contributed by atoms with van der Waals surface area (Å²) in [5, 5.41) is 18.6. The molecule has 0 aliphatic heterocycles. The molecule has 4 aromatic rings. The van der Waals surface area contributed by atoms with Crippen LogP contribution in [0.1, 0.15) is 17.4 Å². The fraction of sp³-hybridized carbons (Fsp3) is 0.133. The van der Waals surface area contributed by atoms with Gasteiger partial charge < -0.3 is 9.88 Å². The van der Waals surface area contributed by atoms with E-state index in [-0.39, 0.29) is 5.82 Å². The minimum atomic E-state index is -0.507. The standard InChI is InChI=1S/C15H13FN8/c1-23-9-8-17-15(23)14(10-4-2-3-5-11(10)16)18-12-6-7-13-19-21-22-24(13)20-12/h2-9,14H,1H3,(H,18,20)/t14-/m1/s1. The Hall–Kier alpha value is -3.36. The van der Waals surface area contributed by atoms with Crippen molar-refractivity contribution < 1.29 is 4.39 Å². The molecule has 9 heteroatoms. The molecule has 0 saturated heterocycles. The van der Waals surface area contributed by atoms with E-state index >= 15 is 0 Å². The van der Waals surface area contributed by atoms with Crippen LogP contribution >= 0.6 is 0 Å². The van der Waals surface area contributed by atoms with Crippen LogP contribution in [0.5, 0.6) is 0 Å². The molecule has 0 saturated carbocycles. The highest BCUT2D eigenvalue weighted by atomic mass is 19.1. The van der Waals surface area contributed by atoms with Gasteiger partial charge in [-0.05, 0) is 28.6 Å². The van der Waals surface area contributed by atoms with E-state index in [2.05, 4.69) is 30.9 Å². The Bertz CT molecular complexity index is 992. The summed E-state index contributed by atoms with van der Waals surface area (Å²) in [6.45, 7) is 0. The second kappa shape index (κ2) is 5.69. The van der Waals surface area contributed by atoms with Crippen LogP contribution in [0.15, 0.2) is 48.8 Å². The fourth-order valence-corrected chi connectivity index (χ4v) is 2.52. The van der Waals surface area contributed by atoms with Gasteiger partial charge in [-0.25, -0.2) is 9.37 Å². The van der Waals surface area contributed by atoms with E-state index in [0.717, 1.165) is 0 Å². The van der Waals surface area contributed by atoms with Crippen molar-refractivity contribution in [2.24, 2.45) is 7.05 Å². The topological polar surface area (TPSA) is 85.8 Å². The average molecular weight is 324 g/mol. The maximum atomic E-state index is 14.3. The summed E-state index contributed by atoms with van der Waals surface area (Å²) in [6, 6.07) is 9.54. The van der Waals surface area contributed by atoms with Gasteiger partial charge in [0.1, 0.15) is 23.5 Å². The molecule has 1 N–H and O–H groups in total. The third kappa shape index (κ3) is 2.45. The van der Waals surface area contributed by atoms with Crippen LogP contribution in [-0.2, 0) is 7.05 Å². The van der Waals surface area contributed by atoms with E-state index in [9.17, 15) is 4.39 Å². The number of nitrogens with zero attached hydrogens (tertiary/aromatic N) is 7. The first-order valence-electron chi connectivity index (χ1n) is 7.26. The number of aryl methyl sites for hydroxylation is 1. The summed E-state index contributed by atoms with van der Waals surface area (Å²) >= 11 is 0. The molecule has 0 radical (unpaired) electrons. The number of fused-ring (bicyclic) bond motifs is 1. The van der Waals surface area contributed by atoms with Gasteiger partial charge >= 0.3 is 0 Å². The summed E-state index contributed by atoms with van der Waals surface area (Å²) in [4.78, 5) is 4.34. The van der Waals surface area contributed by atoms with Gasteiger partial charge in [-0.1, -0.05) is 18.2 Å². The molecule has 0 bridgehead atoms. The lowest BCUT2D eigenvalue weighted by Gasteiger charge is -2.20. The Labute approximate surface area is 136 Å². The smallest absolute Gasteiger partial charge is 0.200 e. The lowest BCUT2D eigenvalue weighted by Crippen LogP contribution is -2.19. The van der Waals surface area contributed by atoms with Crippen molar-refractivity contribution in [3.8, 4) is 0 Å². The molecule has 1 aromatic carbocycles. The number of benzene rings is 1. The van der Waals surface area contributed by atoms with Crippen LogP contribution in [0.2, 0.25) is 0 Å². The zero-order valence-electron chi connectivity index (χ0n) is 12.7. The molecular weight excluding hydrogens is 311 g/mol. The van der Waals surface area contributed by atoms with Gasteiger partial charge in [0.15, 0.2) is 5.65 Å². The van der Waals surface area contributed by atoms with Crippen LogP contribution in [0.4, 0.5) is 10.2 Å². The van der Waals surface area contributed by atoms with E-state index < -0.39 is 6.04 Å². The number of hydrogen-bond donors (Lipinski definition) is 1. The number of halogens is 1. The summed E-state index contributed by atoms with van der Waals surface area (Å²) in [5.41, 5.74) is 1.00. The van der Waals surface area contributed by atoms with Crippen molar-refractivity contribution in [1.82, 2.24) is 34.8 Å². The van der Waals surface area contributed by atoms with Crippen LogP contribution in [-0.4, -0.2) is 34.8 Å². The van der Waals surface area contributed by atoms with E-state index in [1.54, 1.807) is 36.5 Å². The highest BCUT2D eigenvalue weighted by Gasteiger charge is 2.22. The number of anilines is 1. The van der Waals surface area contributed by atoms with E-state index in [1.807, 2.05) is 17.8 Å². The summed E-state index contributed by atoms with van der Waals surface area (Å²) in [7, 11) is 1.86. The first-order chi connectivity index (χ1) is 11.7. The average Bonchev–Trinajstić information content (AvgIpc) is 3.21. The van der Waals surface area contributed by atoms with Gasteiger partial charge in [0.05, 0.1) is 0 Å². The molecule has 0 aliphatic rings.